The molecule has 3 saturated heterocycles. The van der Waals surface area contributed by atoms with Crippen LogP contribution in [-0.4, -0.2) is 63.5 Å². The lowest BCUT2D eigenvalue weighted by Crippen LogP contribution is -2.54. The number of rotatable bonds is 11. The molecule has 3 aliphatic rings. The van der Waals surface area contributed by atoms with Gasteiger partial charge in [0.1, 0.15) is 6.04 Å². The molecule has 3 aliphatic heterocycles. The van der Waals surface area contributed by atoms with Crippen molar-refractivity contribution in [1.82, 2.24) is 15.5 Å². The lowest BCUT2D eigenvalue weighted by Gasteiger charge is -2.34. The van der Waals surface area contributed by atoms with E-state index >= 15 is 0 Å². The van der Waals surface area contributed by atoms with Gasteiger partial charge in [0.05, 0.1) is 16.6 Å². The summed E-state index contributed by atoms with van der Waals surface area (Å²) in [6, 6.07) is 9.17. The first kappa shape index (κ1) is 24.1. The van der Waals surface area contributed by atoms with Gasteiger partial charge in [0.25, 0.3) is 0 Å². The van der Waals surface area contributed by atoms with Crippen molar-refractivity contribution in [2.24, 2.45) is 11.8 Å². The molecule has 8 heteroatoms. The molecule has 5 atom stereocenters. The molecule has 3 amide bonds. The number of benzene rings is 1. The van der Waals surface area contributed by atoms with Crippen LogP contribution in [0.1, 0.15) is 51.0 Å². The first-order valence-electron chi connectivity index (χ1n) is 12.2. The molecule has 3 fully saturated rings. The summed E-state index contributed by atoms with van der Waals surface area (Å²) in [6.45, 7) is 3.44. The van der Waals surface area contributed by atoms with Crippen LogP contribution in [0.4, 0.5) is 0 Å². The van der Waals surface area contributed by atoms with E-state index in [1.165, 1.54) is 0 Å². The second-order valence-electron chi connectivity index (χ2n) is 9.37. The van der Waals surface area contributed by atoms with Gasteiger partial charge in [-0.1, -0.05) is 50.1 Å². The molecule has 0 saturated carbocycles. The Morgan fingerprint density at radius 1 is 1.15 bits per heavy atom. The second kappa shape index (κ2) is 10.5. The number of likely N-dealkylation sites (tertiary alicyclic amines) is 1. The van der Waals surface area contributed by atoms with E-state index in [1.54, 1.807) is 16.7 Å². The van der Waals surface area contributed by atoms with Crippen LogP contribution in [0.25, 0.3) is 0 Å². The van der Waals surface area contributed by atoms with Crippen LogP contribution in [-0.2, 0) is 20.9 Å². The lowest BCUT2D eigenvalue weighted by molar-refractivity contribution is -0.140. The third-order valence-electron chi connectivity index (χ3n) is 7.30. The average Bonchev–Trinajstić information content (AvgIpc) is 3.47. The second-order valence-corrected chi connectivity index (χ2v) is 11.0. The fourth-order valence-electron chi connectivity index (χ4n) is 5.82. The summed E-state index contributed by atoms with van der Waals surface area (Å²) in [7, 11) is 0. The fraction of sp³-hybridized carbons (Fsp3) is 0.640. The molecule has 180 valence electrons. The quantitative estimate of drug-likeness (QED) is 0.428. The Morgan fingerprint density at radius 2 is 1.94 bits per heavy atom. The highest BCUT2D eigenvalue weighted by Gasteiger charge is 2.73. The van der Waals surface area contributed by atoms with Crippen molar-refractivity contribution in [3.05, 3.63) is 35.9 Å². The van der Waals surface area contributed by atoms with Gasteiger partial charge in [-0.25, -0.2) is 0 Å². The number of fused-ring (bicyclic) bond motifs is 1. The Balaban J connectivity index is 1.53. The first-order valence-corrected chi connectivity index (χ1v) is 13.1. The fourth-order valence-corrected chi connectivity index (χ4v) is 8.04. The standard InChI is InChI=1S/C25H35N3O4S/c1-2-3-7-13-26-23(31)21-25-12-11-18(33-25)19(20(25)24(32)28(21)14-8-15-29)22(30)27-16-17-9-5-4-6-10-17/h4-6,9-10,18-21,29H,2-3,7-8,11-16H2,1H3,(H,26,31)(H,27,30)/t18-,19+,20+,21?,25?/m1/s1. The van der Waals surface area contributed by atoms with Crippen LogP contribution >= 0.6 is 11.8 Å². The molecule has 0 aromatic heterocycles. The largest absolute Gasteiger partial charge is 0.396 e. The van der Waals surface area contributed by atoms with E-state index in [2.05, 4.69) is 17.6 Å². The summed E-state index contributed by atoms with van der Waals surface area (Å²) in [5, 5.41) is 15.5. The van der Waals surface area contributed by atoms with Crippen molar-refractivity contribution >= 4 is 29.5 Å². The summed E-state index contributed by atoms with van der Waals surface area (Å²) >= 11 is 1.68. The summed E-state index contributed by atoms with van der Waals surface area (Å²) in [5.41, 5.74) is 1.02. The minimum Gasteiger partial charge on any atom is -0.396 e. The van der Waals surface area contributed by atoms with Crippen molar-refractivity contribution < 1.29 is 19.5 Å². The molecule has 4 rings (SSSR count). The summed E-state index contributed by atoms with van der Waals surface area (Å²) in [4.78, 5) is 41.9. The van der Waals surface area contributed by atoms with Gasteiger partial charge in [-0.2, -0.15) is 0 Å². The normalized spacial score (nSPS) is 29.9. The molecule has 2 unspecified atom stereocenters. The number of aliphatic hydroxyl groups excluding tert-OH is 1. The minimum atomic E-state index is -0.579. The Hall–Kier alpha value is -2.06. The highest BCUT2D eigenvalue weighted by Crippen LogP contribution is 2.66. The predicted molar refractivity (Wildman–Crippen MR) is 128 cm³/mol. The van der Waals surface area contributed by atoms with E-state index < -0.39 is 22.6 Å². The van der Waals surface area contributed by atoms with E-state index in [1.807, 2.05) is 30.3 Å². The Kier molecular flexibility index (Phi) is 7.64. The van der Waals surface area contributed by atoms with Crippen LogP contribution in [0.3, 0.4) is 0 Å². The molecule has 0 aliphatic carbocycles. The van der Waals surface area contributed by atoms with Crippen molar-refractivity contribution in [3.63, 3.8) is 0 Å². The molecule has 33 heavy (non-hydrogen) atoms. The highest BCUT2D eigenvalue weighted by molar-refractivity contribution is 8.02. The monoisotopic (exact) mass is 473 g/mol. The van der Waals surface area contributed by atoms with Crippen LogP contribution in [0.15, 0.2) is 30.3 Å². The number of unbranched alkanes of at least 4 members (excludes halogenated alkanes) is 2. The first-order chi connectivity index (χ1) is 16.0. The molecule has 0 radical (unpaired) electrons. The zero-order chi connectivity index (χ0) is 23.4. The lowest BCUT2D eigenvalue weighted by atomic mass is 9.70. The zero-order valence-electron chi connectivity index (χ0n) is 19.3. The molecule has 3 heterocycles. The maximum atomic E-state index is 13.6. The van der Waals surface area contributed by atoms with Crippen molar-refractivity contribution in [2.75, 3.05) is 19.7 Å². The number of amides is 3. The number of thioether (sulfide) groups is 1. The molecule has 3 N–H and O–H groups in total. The van der Waals surface area contributed by atoms with Gasteiger partial charge in [-0.05, 0) is 31.2 Å². The number of carbonyl (C=O) groups is 3. The Bertz CT molecular complexity index is 866. The van der Waals surface area contributed by atoms with E-state index in [9.17, 15) is 19.5 Å². The van der Waals surface area contributed by atoms with Crippen molar-refractivity contribution in [1.29, 1.82) is 0 Å². The summed E-state index contributed by atoms with van der Waals surface area (Å²) in [5.74, 6) is -1.22. The summed E-state index contributed by atoms with van der Waals surface area (Å²) < 4.78 is -0.555. The van der Waals surface area contributed by atoms with Crippen LogP contribution in [0, 0.1) is 11.8 Å². The average molecular weight is 474 g/mol. The SMILES string of the molecule is CCCCCNC(=O)C1N(CCCO)C(=O)[C@@H]2[C@@H](C(=O)NCc3ccccc3)[C@H]3CCC12S3. The maximum Gasteiger partial charge on any atom is 0.244 e. The molecule has 2 bridgehead atoms. The number of nitrogens with one attached hydrogen (secondary N) is 2. The van der Waals surface area contributed by atoms with Gasteiger partial charge >= 0.3 is 0 Å². The topological polar surface area (TPSA) is 98.7 Å². The van der Waals surface area contributed by atoms with Gasteiger partial charge in [-0.3, -0.25) is 14.4 Å². The number of aliphatic hydroxyl groups is 1. The van der Waals surface area contributed by atoms with Gasteiger partial charge in [0.15, 0.2) is 0 Å². The summed E-state index contributed by atoms with van der Waals surface area (Å²) in [6.07, 6.45) is 5.06. The Morgan fingerprint density at radius 3 is 2.67 bits per heavy atom. The zero-order valence-corrected chi connectivity index (χ0v) is 20.1. The third-order valence-corrected chi connectivity index (χ3v) is 9.25. The van der Waals surface area contributed by atoms with Gasteiger partial charge in [-0.15, -0.1) is 11.8 Å². The van der Waals surface area contributed by atoms with Gasteiger partial charge in [0.2, 0.25) is 17.7 Å². The van der Waals surface area contributed by atoms with Gasteiger partial charge < -0.3 is 20.6 Å². The number of carbonyl (C=O) groups excluding carboxylic acids is 3. The van der Waals surface area contributed by atoms with Crippen LogP contribution < -0.4 is 10.6 Å². The smallest absolute Gasteiger partial charge is 0.244 e. The molecule has 7 nitrogen and oxygen atoms in total. The van der Waals surface area contributed by atoms with E-state index in [4.69, 9.17) is 0 Å². The van der Waals surface area contributed by atoms with E-state index in [0.29, 0.717) is 26.1 Å². The van der Waals surface area contributed by atoms with E-state index in [-0.39, 0.29) is 29.6 Å². The van der Waals surface area contributed by atoms with Crippen molar-refractivity contribution in [2.45, 2.75) is 68.0 Å². The number of hydrogen-bond donors (Lipinski definition) is 3. The third kappa shape index (κ3) is 4.52. The van der Waals surface area contributed by atoms with Crippen molar-refractivity contribution in [3.8, 4) is 0 Å². The molecule has 1 aromatic rings. The van der Waals surface area contributed by atoms with Gasteiger partial charge in [0, 0.05) is 31.5 Å². The minimum absolute atomic E-state index is 0.0386. The highest BCUT2D eigenvalue weighted by atomic mass is 32.2. The predicted octanol–water partition coefficient (Wildman–Crippen LogP) is 2.08. The Labute approximate surface area is 200 Å². The maximum absolute atomic E-state index is 13.6. The van der Waals surface area contributed by atoms with E-state index in [0.717, 1.165) is 37.7 Å². The number of nitrogens with zero attached hydrogens (tertiary/aromatic N) is 1. The molecular formula is C25H35N3O4S. The number of hydrogen-bond acceptors (Lipinski definition) is 5. The molecule has 1 aromatic carbocycles. The van der Waals surface area contributed by atoms with Crippen LogP contribution in [0.2, 0.25) is 0 Å². The van der Waals surface area contributed by atoms with Crippen LogP contribution in [0.5, 0.6) is 0 Å². The molecule has 1 spiro atoms. The molecular weight excluding hydrogens is 438 g/mol.